The van der Waals surface area contributed by atoms with Gasteiger partial charge in [0.1, 0.15) is 0 Å². The van der Waals surface area contributed by atoms with E-state index in [1.807, 2.05) is 12.3 Å². The van der Waals surface area contributed by atoms with Crippen LogP contribution in [0, 0.1) is 6.92 Å². The average molecular weight is 261 g/mol. The van der Waals surface area contributed by atoms with Crippen LogP contribution in [0.2, 0.25) is 0 Å². The first kappa shape index (κ1) is 14.5. The molecule has 1 saturated heterocycles. The van der Waals surface area contributed by atoms with Gasteiger partial charge in [0, 0.05) is 18.8 Å². The summed E-state index contributed by atoms with van der Waals surface area (Å²) in [6, 6.07) is 4.80. The third kappa shape index (κ3) is 4.59. The third-order valence-corrected chi connectivity index (χ3v) is 4.04. The van der Waals surface area contributed by atoms with Gasteiger partial charge in [-0.2, -0.15) is 0 Å². The van der Waals surface area contributed by atoms with Gasteiger partial charge in [-0.25, -0.2) is 0 Å². The van der Waals surface area contributed by atoms with Crippen LogP contribution >= 0.6 is 0 Å². The second-order valence-electron chi connectivity index (χ2n) is 5.62. The summed E-state index contributed by atoms with van der Waals surface area (Å²) in [4.78, 5) is 7.06. The molecule has 1 aliphatic heterocycles. The summed E-state index contributed by atoms with van der Waals surface area (Å²) in [5.41, 5.74) is 2.48. The predicted octanol–water partition coefficient (Wildman–Crippen LogP) is 2.74. The maximum atomic E-state index is 4.46. The SMILES string of the molecule is CCCN1CCCC(NCc2ncccc2C)CC1. The van der Waals surface area contributed by atoms with Crippen LogP contribution in [0.3, 0.4) is 0 Å². The lowest BCUT2D eigenvalue weighted by Gasteiger charge is -2.19. The molecule has 1 unspecified atom stereocenters. The molecule has 106 valence electrons. The number of nitrogens with one attached hydrogen (secondary N) is 1. The Morgan fingerprint density at radius 2 is 2.26 bits per heavy atom. The van der Waals surface area contributed by atoms with Gasteiger partial charge in [0.15, 0.2) is 0 Å². The van der Waals surface area contributed by atoms with Crippen LogP contribution in [0.5, 0.6) is 0 Å². The number of hydrogen-bond acceptors (Lipinski definition) is 3. The molecule has 1 N–H and O–H groups in total. The second-order valence-corrected chi connectivity index (χ2v) is 5.62. The standard InChI is InChI=1S/C16H27N3/c1-3-10-19-11-5-7-15(8-12-19)18-13-16-14(2)6-4-9-17-16/h4,6,9,15,18H,3,5,7-8,10-13H2,1-2H3. The molecule has 2 heterocycles. The van der Waals surface area contributed by atoms with Crippen molar-refractivity contribution in [2.75, 3.05) is 19.6 Å². The lowest BCUT2D eigenvalue weighted by atomic mass is 10.1. The highest BCUT2D eigenvalue weighted by molar-refractivity contribution is 5.17. The molecule has 0 aromatic carbocycles. The summed E-state index contributed by atoms with van der Waals surface area (Å²) in [5, 5.41) is 3.69. The monoisotopic (exact) mass is 261 g/mol. The summed E-state index contributed by atoms with van der Waals surface area (Å²) < 4.78 is 0. The van der Waals surface area contributed by atoms with Crippen molar-refractivity contribution in [1.29, 1.82) is 0 Å². The molecule has 0 bridgehead atoms. The molecule has 1 aromatic heterocycles. The van der Waals surface area contributed by atoms with Crippen molar-refractivity contribution < 1.29 is 0 Å². The Morgan fingerprint density at radius 3 is 3.05 bits per heavy atom. The summed E-state index contributed by atoms with van der Waals surface area (Å²) in [6.07, 6.45) is 7.04. The topological polar surface area (TPSA) is 28.2 Å². The summed E-state index contributed by atoms with van der Waals surface area (Å²) in [7, 11) is 0. The van der Waals surface area contributed by atoms with Crippen molar-refractivity contribution in [3.05, 3.63) is 29.6 Å². The Morgan fingerprint density at radius 1 is 1.37 bits per heavy atom. The molecular formula is C16H27N3. The Hall–Kier alpha value is -0.930. The summed E-state index contributed by atoms with van der Waals surface area (Å²) in [6.45, 7) is 9.09. The maximum Gasteiger partial charge on any atom is 0.0570 e. The van der Waals surface area contributed by atoms with E-state index in [2.05, 4.69) is 35.1 Å². The highest BCUT2D eigenvalue weighted by atomic mass is 15.1. The Balaban J connectivity index is 1.79. The van der Waals surface area contributed by atoms with Crippen LogP contribution in [-0.4, -0.2) is 35.6 Å². The molecule has 1 aliphatic rings. The molecule has 0 aliphatic carbocycles. The predicted molar refractivity (Wildman–Crippen MR) is 80.2 cm³/mol. The highest BCUT2D eigenvalue weighted by Gasteiger charge is 2.16. The van der Waals surface area contributed by atoms with Crippen molar-refractivity contribution in [3.63, 3.8) is 0 Å². The quantitative estimate of drug-likeness (QED) is 0.883. The van der Waals surface area contributed by atoms with Crippen LogP contribution < -0.4 is 5.32 Å². The molecule has 1 atom stereocenters. The maximum absolute atomic E-state index is 4.46. The Bertz CT molecular complexity index is 378. The average Bonchev–Trinajstić information content (AvgIpc) is 2.64. The first-order valence-electron chi connectivity index (χ1n) is 7.66. The van der Waals surface area contributed by atoms with Gasteiger partial charge >= 0.3 is 0 Å². The number of nitrogens with zero attached hydrogens (tertiary/aromatic N) is 2. The van der Waals surface area contributed by atoms with Crippen molar-refractivity contribution in [2.45, 2.75) is 52.1 Å². The van der Waals surface area contributed by atoms with E-state index in [1.165, 1.54) is 56.6 Å². The highest BCUT2D eigenvalue weighted by Crippen LogP contribution is 2.12. The lowest BCUT2D eigenvalue weighted by molar-refractivity contribution is 0.282. The van der Waals surface area contributed by atoms with Gasteiger partial charge in [-0.05, 0) is 63.9 Å². The number of pyridine rings is 1. The molecule has 1 fully saturated rings. The summed E-state index contributed by atoms with van der Waals surface area (Å²) in [5.74, 6) is 0. The second kappa shape index (κ2) is 7.61. The van der Waals surface area contributed by atoms with E-state index in [-0.39, 0.29) is 0 Å². The van der Waals surface area contributed by atoms with Crippen LogP contribution in [0.15, 0.2) is 18.3 Å². The van der Waals surface area contributed by atoms with Crippen LogP contribution in [0.25, 0.3) is 0 Å². The molecule has 0 spiro atoms. The normalized spacial score (nSPS) is 21.3. The number of aromatic nitrogens is 1. The zero-order chi connectivity index (χ0) is 13.5. The molecule has 19 heavy (non-hydrogen) atoms. The van der Waals surface area contributed by atoms with Gasteiger partial charge in [0.2, 0.25) is 0 Å². The van der Waals surface area contributed by atoms with Crippen LogP contribution in [0.1, 0.15) is 43.9 Å². The van der Waals surface area contributed by atoms with E-state index in [0.717, 1.165) is 6.54 Å². The van der Waals surface area contributed by atoms with Gasteiger partial charge in [0.25, 0.3) is 0 Å². The van der Waals surface area contributed by atoms with E-state index < -0.39 is 0 Å². The minimum atomic E-state index is 0.656. The number of aryl methyl sites for hydroxylation is 1. The molecule has 1 aromatic rings. The minimum absolute atomic E-state index is 0.656. The lowest BCUT2D eigenvalue weighted by Crippen LogP contribution is -2.31. The zero-order valence-electron chi connectivity index (χ0n) is 12.4. The smallest absolute Gasteiger partial charge is 0.0570 e. The van der Waals surface area contributed by atoms with Crippen LogP contribution in [0.4, 0.5) is 0 Å². The van der Waals surface area contributed by atoms with Gasteiger partial charge in [0.05, 0.1) is 5.69 Å². The van der Waals surface area contributed by atoms with E-state index in [0.29, 0.717) is 6.04 Å². The molecule has 0 saturated carbocycles. The molecule has 0 amide bonds. The van der Waals surface area contributed by atoms with Crippen molar-refractivity contribution >= 4 is 0 Å². The number of hydrogen-bond donors (Lipinski definition) is 1. The van der Waals surface area contributed by atoms with Crippen molar-refractivity contribution in [3.8, 4) is 0 Å². The van der Waals surface area contributed by atoms with E-state index in [1.54, 1.807) is 0 Å². The third-order valence-electron chi connectivity index (χ3n) is 4.04. The van der Waals surface area contributed by atoms with E-state index in [4.69, 9.17) is 0 Å². The van der Waals surface area contributed by atoms with Gasteiger partial charge < -0.3 is 10.2 Å². The Kier molecular flexibility index (Phi) is 5.80. The fourth-order valence-corrected chi connectivity index (χ4v) is 2.84. The zero-order valence-corrected chi connectivity index (χ0v) is 12.4. The number of likely N-dealkylation sites (tertiary alicyclic amines) is 1. The molecule has 0 radical (unpaired) electrons. The van der Waals surface area contributed by atoms with Crippen molar-refractivity contribution in [2.24, 2.45) is 0 Å². The van der Waals surface area contributed by atoms with Gasteiger partial charge in [-0.3, -0.25) is 4.98 Å². The largest absolute Gasteiger partial charge is 0.308 e. The number of rotatable bonds is 5. The van der Waals surface area contributed by atoms with Crippen molar-refractivity contribution in [1.82, 2.24) is 15.2 Å². The van der Waals surface area contributed by atoms with Gasteiger partial charge in [-0.15, -0.1) is 0 Å². The summed E-state index contributed by atoms with van der Waals surface area (Å²) >= 11 is 0. The fourth-order valence-electron chi connectivity index (χ4n) is 2.84. The molecular weight excluding hydrogens is 234 g/mol. The minimum Gasteiger partial charge on any atom is -0.308 e. The van der Waals surface area contributed by atoms with Gasteiger partial charge in [-0.1, -0.05) is 13.0 Å². The first-order chi connectivity index (χ1) is 9.29. The molecule has 2 rings (SSSR count). The van der Waals surface area contributed by atoms with E-state index >= 15 is 0 Å². The molecule has 3 heteroatoms. The first-order valence-corrected chi connectivity index (χ1v) is 7.66. The fraction of sp³-hybridized carbons (Fsp3) is 0.688. The molecule has 3 nitrogen and oxygen atoms in total. The van der Waals surface area contributed by atoms with Crippen LogP contribution in [-0.2, 0) is 6.54 Å². The van der Waals surface area contributed by atoms with E-state index in [9.17, 15) is 0 Å². The Labute approximate surface area is 117 Å².